The van der Waals surface area contributed by atoms with Gasteiger partial charge in [0.1, 0.15) is 5.75 Å². The van der Waals surface area contributed by atoms with Gasteiger partial charge in [-0.3, -0.25) is 9.69 Å². The number of carbonyl (C=O) groups is 1. The van der Waals surface area contributed by atoms with Crippen LogP contribution in [-0.4, -0.2) is 48.8 Å². The number of likely N-dealkylation sites (tertiary alicyclic amines) is 1. The van der Waals surface area contributed by atoms with Crippen LogP contribution in [0.4, 0.5) is 5.69 Å². The summed E-state index contributed by atoms with van der Waals surface area (Å²) < 4.78 is 5.12. The van der Waals surface area contributed by atoms with Crippen LogP contribution in [0.15, 0.2) is 24.3 Å². The molecule has 0 radical (unpaired) electrons. The van der Waals surface area contributed by atoms with Crippen molar-refractivity contribution in [1.82, 2.24) is 4.90 Å². The Kier molecular flexibility index (Phi) is 6.68. The van der Waals surface area contributed by atoms with Crippen LogP contribution >= 0.6 is 0 Å². The molecule has 0 spiro atoms. The lowest BCUT2D eigenvalue weighted by Crippen LogP contribution is -2.40. The number of methoxy groups -OCH3 is 1. The van der Waals surface area contributed by atoms with Gasteiger partial charge in [0.15, 0.2) is 0 Å². The third-order valence-electron chi connectivity index (χ3n) is 4.13. The predicted molar refractivity (Wildman–Crippen MR) is 87.2 cm³/mol. The maximum atomic E-state index is 12.4. The van der Waals surface area contributed by atoms with Crippen molar-refractivity contribution in [3.05, 3.63) is 24.3 Å². The third-order valence-corrected chi connectivity index (χ3v) is 4.13. The minimum atomic E-state index is -0.0313. The molecule has 0 saturated carbocycles. The first kappa shape index (κ1) is 16.8. The Balaban J connectivity index is 1.84. The quantitative estimate of drug-likeness (QED) is 0.723. The van der Waals surface area contributed by atoms with Gasteiger partial charge in [-0.25, -0.2) is 0 Å². The van der Waals surface area contributed by atoms with Gasteiger partial charge in [0, 0.05) is 12.3 Å². The molecule has 1 aliphatic heterocycles. The normalized spacial score (nSPS) is 18.4. The minimum Gasteiger partial charge on any atom is -0.497 e. The van der Waals surface area contributed by atoms with Gasteiger partial charge in [-0.1, -0.05) is 0 Å². The second kappa shape index (κ2) is 8.76. The Morgan fingerprint density at radius 2 is 2.09 bits per heavy atom. The summed E-state index contributed by atoms with van der Waals surface area (Å²) >= 11 is 0. The van der Waals surface area contributed by atoms with Crippen molar-refractivity contribution in [3.63, 3.8) is 0 Å². The lowest BCUT2D eigenvalue weighted by Gasteiger charge is -2.23. The van der Waals surface area contributed by atoms with E-state index >= 15 is 0 Å². The fourth-order valence-electron chi connectivity index (χ4n) is 2.89. The van der Waals surface area contributed by atoms with E-state index in [2.05, 4.69) is 10.2 Å². The average molecular weight is 306 g/mol. The number of carbonyl (C=O) groups excluding carboxylic acids is 1. The Hall–Kier alpha value is -1.59. The maximum absolute atomic E-state index is 12.4. The zero-order valence-electron chi connectivity index (χ0n) is 13.3. The standard InChI is InChI=1S/C17H26N2O3/c1-22-15-9-7-14(8-10-15)18-17(21)16-6-5-12-19(16)11-3-2-4-13-20/h7-10,16,20H,2-6,11-13H2,1H3,(H,18,21). The monoisotopic (exact) mass is 306 g/mol. The van der Waals surface area contributed by atoms with E-state index in [9.17, 15) is 4.79 Å². The lowest BCUT2D eigenvalue weighted by atomic mass is 10.2. The lowest BCUT2D eigenvalue weighted by molar-refractivity contribution is -0.120. The zero-order valence-corrected chi connectivity index (χ0v) is 13.3. The molecule has 2 N–H and O–H groups in total. The van der Waals surface area contributed by atoms with Crippen molar-refractivity contribution < 1.29 is 14.6 Å². The van der Waals surface area contributed by atoms with Gasteiger partial charge in [-0.05, 0) is 69.5 Å². The van der Waals surface area contributed by atoms with E-state index in [0.29, 0.717) is 0 Å². The van der Waals surface area contributed by atoms with Crippen molar-refractivity contribution in [2.45, 2.75) is 38.1 Å². The van der Waals surface area contributed by atoms with Crippen LogP contribution in [0.3, 0.4) is 0 Å². The molecule has 1 atom stereocenters. The molecule has 5 heteroatoms. The van der Waals surface area contributed by atoms with Gasteiger partial charge < -0.3 is 15.2 Å². The Morgan fingerprint density at radius 1 is 1.32 bits per heavy atom. The number of hydrogen-bond donors (Lipinski definition) is 2. The molecule has 1 aromatic rings. The molecule has 2 rings (SSSR count). The van der Waals surface area contributed by atoms with Crippen molar-refractivity contribution in [2.24, 2.45) is 0 Å². The SMILES string of the molecule is COc1ccc(NC(=O)C2CCCN2CCCCCO)cc1. The average Bonchev–Trinajstić information content (AvgIpc) is 3.01. The van der Waals surface area contributed by atoms with Gasteiger partial charge in [-0.15, -0.1) is 0 Å². The molecule has 1 amide bonds. The largest absolute Gasteiger partial charge is 0.497 e. The number of rotatable bonds is 8. The van der Waals surface area contributed by atoms with Gasteiger partial charge in [0.25, 0.3) is 0 Å². The van der Waals surface area contributed by atoms with E-state index in [1.165, 1.54) is 0 Å². The van der Waals surface area contributed by atoms with Crippen LogP contribution in [0.25, 0.3) is 0 Å². The molecule has 1 unspecified atom stereocenters. The number of nitrogens with one attached hydrogen (secondary N) is 1. The number of anilines is 1. The topological polar surface area (TPSA) is 61.8 Å². The van der Waals surface area contributed by atoms with Crippen molar-refractivity contribution in [3.8, 4) is 5.75 Å². The van der Waals surface area contributed by atoms with Crippen molar-refractivity contribution in [2.75, 3.05) is 32.1 Å². The molecule has 5 nitrogen and oxygen atoms in total. The van der Waals surface area contributed by atoms with E-state index in [0.717, 1.165) is 56.6 Å². The van der Waals surface area contributed by atoms with E-state index in [1.807, 2.05) is 24.3 Å². The highest BCUT2D eigenvalue weighted by Crippen LogP contribution is 2.21. The van der Waals surface area contributed by atoms with E-state index in [-0.39, 0.29) is 18.6 Å². The second-order valence-corrected chi connectivity index (χ2v) is 5.70. The number of unbranched alkanes of at least 4 members (excludes halogenated alkanes) is 2. The summed E-state index contributed by atoms with van der Waals surface area (Å²) in [4.78, 5) is 14.7. The number of nitrogens with zero attached hydrogens (tertiary/aromatic N) is 1. The second-order valence-electron chi connectivity index (χ2n) is 5.70. The molecular weight excluding hydrogens is 280 g/mol. The molecule has 0 aliphatic carbocycles. The van der Waals surface area contributed by atoms with Gasteiger partial charge in [-0.2, -0.15) is 0 Å². The van der Waals surface area contributed by atoms with E-state index in [1.54, 1.807) is 7.11 Å². The molecule has 1 heterocycles. The summed E-state index contributed by atoms with van der Waals surface area (Å²) in [7, 11) is 1.63. The molecule has 0 aromatic heterocycles. The molecule has 122 valence electrons. The fraction of sp³-hybridized carbons (Fsp3) is 0.588. The van der Waals surface area contributed by atoms with Crippen LogP contribution in [-0.2, 0) is 4.79 Å². The van der Waals surface area contributed by atoms with Crippen LogP contribution in [0, 0.1) is 0 Å². The minimum absolute atomic E-state index is 0.0313. The summed E-state index contributed by atoms with van der Waals surface area (Å²) in [5.41, 5.74) is 0.804. The third kappa shape index (κ3) is 4.71. The highest BCUT2D eigenvalue weighted by atomic mass is 16.5. The molecule has 1 saturated heterocycles. The Bertz CT molecular complexity index is 461. The highest BCUT2D eigenvalue weighted by Gasteiger charge is 2.30. The fourth-order valence-corrected chi connectivity index (χ4v) is 2.89. The van der Waals surface area contributed by atoms with Crippen LogP contribution < -0.4 is 10.1 Å². The van der Waals surface area contributed by atoms with Gasteiger partial charge in [0.2, 0.25) is 5.91 Å². The maximum Gasteiger partial charge on any atom is 0.241 e. The summed E-state index contributed by atoms with van der Waals surface area (Å²) in [6.45, 7) is 2.17. The van der Waals surface area contributed by atoms with Crippen LogP contribution in [0.2, 0.25) is 0 Å². The number of aliphatic hydroxyl groups excluding tert-OH is 1. The van der Waals surface area contributed by atoms with E-state index < -0.39 is 0 Å². The summed E-state index contributed by atoms with van der Waals surface area (Å²) in [5, 5.41) is 11.8. The summed E-state index contributed by atoms with van der Waals surface area (Å²) in [6.07, 6.45) is 4.88. The first-order valence-electron chi connectivity index (χ1n) is 8.04. The van der Waals surface area contributed by atoms with Crippen LogP contribution in [0.5, 0.6) is 5.75 Å². The molecule has 1 aromatic carbocycles. The van der Waals surface area contributed by atoms with E-state index in [4.69, 9.17) is 9.84 Å². The number of amides is 1. The predicted octanol–water partition coefficient (Wildman–Crippen LogP) is 2.26. The Labute approximate surface area is 132 Å². The van der Waals surface area contributed by atoms with Gasteiger partial charge >= 0.3 is 0 Å². The molecule has 1 aliphatic rings. The molecule has 1 fully saturated rings. The van der Waals surface area contributed by atoms with Crippen molar-refractivity contribution in [1.29, 1.82) is 0 Å². The summed E-state index contributed by atoms with van der Waals surface area (Å²) in [6, 6.07) is 7.37. The smallest absolute Gasteiger partial charge is 0.241 e. The summed E-state index contributed by atoms with van der Waals surface area (Å²) in [5.74, 6) is 0.856. The highest BCUT2D eigenvalue weighted by molar-refractivity contribution is 5.95. The molecule has 0 bridgehead atoms. The number of aliphatic hydroxyl groups is 1. The van der Waals surface area contributed by atoms with Crippen LogP contribution in [0.1, 0.15) is 32.1 Å². The number of ether oxygens (including phenoxy) is 1. The van der Waals surface area contributed by atoms with Gasteiger partial charge in [0.05, 0.1) is 13.2 Å². The molecule has 22 heavy (non-hydrogen) atoms. The first-order chi connectivity index (χ1) is 10.7. The zero-order chi connectivity index (χ0) is 15.8. The number of hydrogen-bond acceptors (Lipinski definition) is 4. The Morgan fingerprint density at radius 3 is 2.77 bits per heavy atom. The first-order valence-corrected chi connectivity index (χ1v) is 8.04. The number of benzene rings is 1. The van der Waals surface area contributed by atoms with Crippen molar-refractivity contribution >= 4 is 11.6 Å². The molecular formula is C17H26N2O3.